The van der Waals surface area contributed by atoms with Gasteiger partial charge in [0.05, 0.1) is 5.69 Å². The van der Waals surface area contributed by atoms with Gasteiger partial charge in [0, 0.05) is 10.6 Å². The first kappa shape index (κ1) is 16.5. The summed E-state index contributed by atoms with van der Waals surface area (Å²) >= 11 is 5.84. The third-order valence-corrected chi connectivity index (χ3v) is 4.76. The first-order chi connectivity index (χ1) is 12.5. The molecule has 130 valence electrons. The summed E-state index contributed by atoms with van der Waals surface area (Å²) in [5.74, 6) is -2.52. The summed E-state index contributed by atoms with van der Waals surface area (Å²) in [5, 5.41) is 4.22. The molecule has 0 spiro atoms. The Morgan fingerprint density at radius 3 is 2.46 bits per heavy atom. The van der Waals surface area contributed by atoms with E-state index in [-0.39, 0.29) is 5.71 Å². The molecule has 0 aromatic heterocycles. The number of hydrogen-bond acceptors (Lipinski definition) is 5. The molecule has 0 unspecified atom stereocenters. The van der Waals surface area contributed by atoms with Crippen LogP contribution in [0.25, 0.3) is 0 Å². The summed E-state index contributed by atoms with van der Waals surface area (Å²) < 4.78 is 0. The molecule has 2 amide bonds. The number of nitrogens with zero attached hydrogens (tertiary/aromatic N) is 2. The molecule has 0 saturated carbocycles. The smallest absolute Gasteiger partial charge is 0.278 e. The largest absolute Gasteiger partial charge is 0.381 e. The standard InChI is InChI=1S/C19H13ClN2O4/c1-10-4-2-3-5-13(10)22-18(24)14-15(21-26-17(14)19(22)25)16(23)11-6-8-12(20)9-7-11/h2-9,14,17H,1H3/t14-,17+/m0/s1. The highest BCUT2D eigenvalue weighted by Crippen LogP contribution is 2.35. The van der Waals surface area contributed by atoms with Gasteiger partial charge >= 0.3 is 0 Å². The molecule has 2 aliphatic heterocycles. The van der Waals surface area contributed by atoms with E-state index < -0.39 is 29.6 Å². The van der Waals surface area contributed by atoms with Crippen LogP contribution in [0.15, 0.2) is 53.7 Å². The van der Waals surface area contributed by atoms with E-state index in [1.54, 1.807) is 49.4 Å². The number of anilines is 1. The van der Waals surface area contributed by atoms with Crippen LogP contribution in [-0.2, 0) is 14.4 Å². The average molecular weight is 369 g/mol. The molecule has 0 bridgehead atoms. The molecule has 7 heteroatoms. The number of oxime groups is 1. The highest BCUT2D eigenvalue weighted by atomic mass is 35.5. The number of aryl methyl sites for hydroxylation is 1. The van der Waals surface area contributed by atoms with Crippen molar-refractivity contribution >= 4 is 40.6 Å². The third kappa shape index (κ3) is 2.42. The highest BCUT2D eigenvalue weighted by Gasteiger charge is 2.57. The van der Waals surface area contributed by atoms with Crippen LogP contribution >= 0.6 is 11.6 Å². The molecule has 4 rings (SSSR count). The minimum Gasteiger partial charge on any atom is -0.381 e. The van der Waals surface area contributed by atoms with E-state index in [0.717, 1.165) is 10.5 Å². The fraction of sp³-hybridized carbons (Fsp3) is 0.158. The first-order valence-electron chi connectivity index (χ1n) is 7.96. The second-order valence-electron chi connectivity index (χ2n) is 6.11. The molecule has 26 heavy (non-hydrogen) atoms. The molecule has 2 aromatic rings. The van der Waals surface area contributed by atoms with Crippen molar-refractivity contribution in [3.8, 4) is 0 Å². The molecule has 2 aliphatic rings. The zero-order valence-electron chi connectivity index (χ0n) is 13.7. The molecule has 2 aromatic carbocycles. The summed E-state index contributed by atoms with van der Waals surface area (Å²) in [6.07, 6.45) is -1.10. The summed E-state index contributed by atoms with van der Waals surface area (Å²) in [6, 6.07) is 13.3. The van der Waals surface area contributed by atoms with E-state index in [0.29, 0.717) is 16.3 Å². The molecule has 0 radical (unpaired) electrons. The number of para-hydroxylation sites is 1. The monoisotopic (exact) mass is 368 g/mol. The van der Waals surface area contributed by atoms with E-state index in [1.807, 2.05) is 6.07 Å². The number of halogens is 1. The van der Waals surface area contributed by atoms with Gasteiger partial charge in [-0.15, -0.1) is 0 Å². The Bertz CT molecular complexity index is 968. The fourth-order valence-electron chi connectivity index (χ4n) is 3.17. The lowest BCUT2D eigenvalue weighted by Gasteiger charge is -2.17. The maximum Gasteiger partial charge on any atom is 0.278 e. The van der Waals surface area contributed by atoms with Crippen molar-refractivity contribution in [3.63, 3.8) is 0 Å². The van der Waals surface area contributed by atoms with Gasteiger partial charge < -0.3 is 4.84 Å². The fourth-order valence-corrected chi connectivity index (χ4v) is 3.29. The quantitative estimate of drug-likeness (QED) is 0.616. The van der Waals surface area contributed by atoms with Crippen LogP contribution in [0.5, 0.6) is 0 Å². The summed E-state index contributed by atoms with van der Waals surface area (Å²) in [6.45, 7) is 1.80. The maximum atomic E-state index is 12.9. The highest BCUT2D eigenvalue weighted by molar-refractivity contribution is 6.52. The lowest BCUT2D eigenvalue weighted by atomic mass is 9.93. The summed E-state index contributed by atoms with van der Waals surface area (Å²) in [5.41, 5.74) is 1.52. The molecule has 1 saturated heterocycles. The van der Waals surface area contributed by atoms with E-state index in [2.05, 4.69) is 5.16 Å². The minimum absolute atomic E-state index is 0.0632. The molecule has 2 atom stereocenters. The zero-order valence-corrected chi connectivity index (χ0v) is 14.4. The number of hydrogen-bond donors (Lipinski definition) is 0. The topological polar surface area (TPSA) is 76.0 Å². The number of imide groups is 1. The van der Waals surface area contributed by atoms with Crippen LogP contribution in [0.3, 0.4) is 0 Å². The van der Waals surface area contributed by atoms with Gasteiger partial charge in [-0.3, -0.25) is 14.4 Å². The molecule has 0 aliphatic carbocycles. The Labute approximate surface area is 154 Å². The van der Waals surface area contributed by atoms with Gasteiger partial charge in [-0.25, -0.2) is 4.90 Å². The van der Waals surface area contributed by atoms with Gasteiger partial charge in [-0.2, -0.15) is 0 Å². The van der Waals surface area contributed by atoms with E-state index in [1.165, 1.54) is 0 Å². The normalized spacial score (nSPS) is 21.5. The molecule has 0 N–H and O–H groups in total. The Kier molecular flexibility index (Phi) is 3.85. The van der Waals surface area contributed by atoms with Crippen molar-refractivity contribution in [3.05, 3.63) is 64.7 Å². The molecule has 1 fully saturated rings. The Balaban J connectivity index is 1.68. The second-order valence-corrected chi connectivity index (χ2v) is 6.55. The predicted octanol–water partition coefficient (Wildman–Crippen LogP) is 2.78. The third-order valence-electron chi connectivity index (χ3n) is 4.51. The molecule has 6 nitrogen and oxygen atoms in total. The van der Waals surface area contributed by atoms with Crippen molar-refractivity contribution in [1.29, 1.82) is 0 Å². The van der Waals surface area contributed by atoms with Crippen LogP contribution < -0.4 is 4.90 Å². The molecular weight excluding hydrogens is 356 g/mol. The number of carbonyl (C=O) groups excluding carboxylic acids is 3. The number of ketones is 1. The number of benzene rings is 2. The van der Waals surface area contributed by atoms with E-state index in [4.69, 9.17) is 16.4 Å². The van der Waals surface area contributed by atoms with Gasteiger partial charge in [-0.05, 0) is 42.8 Å². The van der Waals surface area contributed by atoms with Crippen LogP contribution in [-0.4, -0.2) is 29.4 Å². The van der Waals surface area contributed by atoms with Crippen molar-refractivity contribution in [1.82, 2.24) is 0 Å². The van der Waals surface area contributed by atoms with Crippen LogP contribution in [0.1, 0.15) is 15.9 Å². The number of amides is 2. The van der Waals surface area contributed by atoms with Crippen LogP contribution in [0.2, 0.25) is 5.02 Å². The molecular formula is C19H13ClN2O4. The lowest BCUT2D eigenvalue weighted by Crippen LogP contribution is -2.34. The van der Waals surface area contributed by atoms with Gasteiger partial charge in [0.15, 0.2) is 0 Å². The maximum absolute atomic E-state index is 12.9. The summed E-state index contributed by atoms with van der Waals surface area (Å²) in [4.78, 5) is 44.6. The van der Waals surface area contributed by atoms with Crippen molar-refractivity contribution in [2.75, 3.05) is 4.90 Å². The average Bonchev–Trinajstić information content (AvgIpc) is 3.17. The van der Waals surface area contributed by atoms with Gasteiger partial charge in [0.2, 0.25) is 17.8 Å². The SMILES string of the molecule is Cc1ccccc1N1C(=O)[C@H]2C(C(=O)c3ccc(Cl)cc3)=NO[C@H]2C1=O. The Morgan fingerprint density at radius 2 is 1.77 bits per heavy atom. The predicted molar refractivity (Wildman–Crippen MR) is 95.3 cm³/mol. The van der Waals surface area contributed by atoms with E-state index >= 15 is 0 Å². The number of carbonyl (C=O) groups is 3. The first-order valence-corrected chi connectivity index (χ1v) is 8.34. The minimum atomic E-state index is -1.10. The van der Waals surface area contributed by atoms with Gasteiger partial charge in [-0.1, -0.05) is 35.0 Å². The lowest BCUT2D eigenvalue weighted by molar-refractivity contribution is -0.126. The number of rotatable bonds is 3. The van der Waals surface area contributed by atoms with Gasteiger partial charge in [0.25, 0.3) is 5.91 Å². The zero-order chi connectivity index (χ0) is 18.4. The number of fused-ring (bicyclic) bond motifs is 1. The van der Waals surface area contributed by atoms with Crippen molar-refractivity contribution < 1.29 is 19.2 Å². The Hall–Kier alpha value is -2.99. The second kappa shape index (κ2) is 6.07. The number of Topliss-reactive ketones (excluding diaryl/α,β-unsaturated/α-hetero) is 1. The van der Waals surface area contributed by atoms with E-state index in [9.17, 15) is 14.4 Å². The van der Waals surface area contributed by atoms with Crippen LogP contribution in [0.4, 0.5) is 5.69 Å². The van der Waals surface area contributed by atoms with Crippen molar-refractivity contribution in [2.24, 2.45) is 11.1 Å². The van der Waals surface area contributed by atoms with Gasteiger partial charge in [0.1, 0.15) is 11.6 Å². The summed E-state index contributed by atoms with van der Waals surface area (Å²) in [7, 11) is 0. The molecule has 2 heterocycles. The van der Waals surface area contributed by atoms with Crippen molar-refractivity contribution in [2.45, 2.75) is 13.0 Å². The Morgan fingerprint density at radius 1 is 1.08 bits per heavy atom. The van der Waals surface area contributed by atoms with Crippen LogP contribution in [0, 0.1) is 12.8 Å².